The highest BCUT2D eigenvalue weighted by molar-refractivity contribution is 6.02. The Kier molecular flexibility index (Phi) is 8.80. The molecule has 0 fully saturated rings. The molecule has 3 N–H and O–H groups in total. The molecule has 0 radical (unpaired) electrons. The van der Waals surface area contributed by atoms with Gasteiger partial charge in [-0.15, -0.1) is 0 Å². The van der Waals surface area contributed by atoms with Crippen molar-refractivity contribution in [2.45, 2.75) is 0 Å². The normalized spacial score (nSPS) is 10.3. The van der Waals surface area contributed by atoms with E-state index >= 15 is 0 Å². The first-order valence-electron chi connectivity index (χ1n) is 11.2. The predicted octanol–water partition coefficient (Wildman–Crippen LogP) is 3.97. The Labute approximate surface area is 211 Å². The summed E-state index contributed by atoms with van der Waals surface area (Å²) in [5, 5.41) is 18.4. The van der Waals surface area contributed by atoms with Gasteiger partial charge in [-0.25, -0.2) is 9.97 Å². The maximum atomic E-state index is 12.2. The molecule has 10 heteroatoms. The van der Waals surface area contributed by atoms with E-state index in [2.05, 4.69) is 43.5 Å². The molecule has 186 valence electrons. The molecule has 3 aromatic rings. The number of ether oxygens (including phenoxy) is 1. The number of hydrogen-bond acceptors (Lipinski definition) is 9. The van der Waals surface area contributed by atoms with Gasteiger partial charge in [-0.05, 0) is 44.4 Å². The molecule has 0 bridgehead atoms. The van der Waals surface area contributed by atoms with Gasteiger partial charge in [0.25, 0.3) is 0 Å². The van der Waals surface area contributed by atoms with Gasteiger partial charge in [0.2, 0.25) is 5.91 Å². The average molecular weight is 487 g/mol. The Morgan fingerprint density at radius 1 is 1.08 bits per heavy atom. The Bertz CT molecular complexity index is 1270. The van der Waals surface area contributed by atoms with Crippen molar-refractivity contribution >= 4 is 40.3 Å². The number of methoxy groups -OCH3 is 1. The fourth-order valence-electron chi connectivity index (χ4n) is 3.35. The van der Waals surface area contributed by atoms with Crippen molar-refractivity contribution in [1.29, 1.82) is 5.26 Å². The minimum absolute atomic E-state index is 0.318. The van der Waals surface area contributed by atoms with Crippen LogP contribution in [0.3, 0.4) is 0 Å². The van der Waals surface area contributed by atoms with Gasteiger partial charge in [0.05, 0.1) is 35.8 Å². The zero-order valence-corrected chi connectivity index (χ0v) is 20.9. The van der Waals surface area contributed by atoms with Crippen LogP contribution in [-0.2, 0) is 4.79 Å². The van der Waals surface area contributed by atoms with Gasteiger partial charge in [-0.2, -0.15) is 5.26 Å². The highest BCUT2D eigenvalue weighted by Crippen LogP contribution is 2.38. The van der Waals surface area contributed by atoms with Crippen LogP contribution in [0.2, 0.25) is 0 Å². The standard InChI is InChI=1S/C26H30N8O2/c1-6-26(35)32-20-13-21(23(36-5)14-22(20)34(4)11-10-33(2)3)31-25-15-24(28-17-29-25)30-19-9-7-8-18(12-19)16-27/h6-9,12-15,17H,1,10-11H2,2-5H3,(H,32,35)(H2,28,29,30,31). The zero-order valence-electron chi connectivity index (χ0n) is 20.9. The molecule has 1 aromatic heterocycles. The quantitative estimate of drug-likeness (QED) is 0.346. The van der Waals surface area contributed by atoms with Crippen LogP contribution in [0.25, 0.3) is 0 Å². The van der Waals surface area contributed by atoms with E-state index in [0.717, 1.165) is 24.5 Å². The monoisotopic (exact) mass is 486 g/mol. The molecule has 0 saturated heterocycles. The van der Waals surface area contributed by atoms with Crippen LogP contribution in [0.1, 0.15) is 5.56 Å². The summed E-state index contributed by atoms with van der Waals surface area (Å²) in [4.78, 5) is 24.9. The molecule has 3 rings (SSSR count). The van der Waals surface area contributed by atoms with Gasteiger partial charge < -0.3 is 30.5 Å². The van der Waals surface area contributed by atoms with Crippen LogP contribution >= 0.6 is 0 Å². The third-order valence-corrected chi connectivity index (χ3v) is 5.25. The number of nitriles is 1. The van der Waals surface area contributed by atoms with Crippen LogP contribution in [0, 0.1) is 11.3 Å². The van der Waals surface area contributed by atoms with Gasteiger partial charge in [-0.3, -0.25) is 4.79 Å². The minimum atomic E-state index is -0.318. The Morgan fingerprint density at radius 2 is 1.83 bits per heavy atom. The summed E-state index contributed by atoms with van der Waals surface area (Å²) in [5.41, 5.74) is 3.29. The summed E-state index contributed by atoms with van der Waals surface area (Å²) in [6.07, 6.45) is 2.65. The summed E-state index contributed by atoms with van der Waals surface area (Å²) in [6, 6.07) is 14.6. The number of likely N-dealkylation sites (N-methyl/N-ethyl adjacent to an activating group) is 2. The highest BCUT2D eigenvalue weighted by Gasteiger charge is 2.16. The van der Waals surface area contributed by atoms with Crippen molar-refractivity contribution in [3.8, 4) is 11.8 Å². The number of anilines is 6. The third-order valence-electron chi connectivity index (χ3n) is 5.25. The number of benzene rings is 2. The first kappa shape index (κ1) is 26.0. The molecular formula is C26H30N8O2. The summed E-state index contributed by atoms with van der Waals surface area (Å²) >= 11 is 0. The van der Waals surface area contributed by atoms with Gasteiger partial charge >= 0.3 is 0 Å². The number of carbonyl (C=O) groups is 1. The molecule has 1 amide bonds. The fourth-order valence-corrected chi connectivity index (χ4v) is 3.35. The first-order valence-corrected chi connectivity index (χ1v) is 11.2. The molecule has 0 aliphatic carbocycles. The summed E-state index contributed by atoms with van der Waals surface area (Å²) < 4.78 is 5.65. The number of nitrogens with one attached hydrogen (secondary N) is 3. The summed E-state index contributed by atoms with van der Waals surface area (Å²) in [7, 11) is 7.56. The lowest BCUT2D eigenvalue weighted by molar-refractivity contribution is -0.111. The second-order valence-electron chi connectivity index (χ2n) is 8.22. The molecule has 0 saturated carbocycles. The van der Waals surface area contributed by atoms with E-state index in [-0.39, 0.29) is 5.91 Å². The molecule has 0 aliphatic heterocycles. The maximum Gasteiger partial charge on any atom is 0.247 e. The Balaban J connectivity index is 1.91. The molecule has 0 spiro atoms. The maximum absolute atomic E-state index is 12.2. The number of rotatable bonds is 11. The Morgan fingerprint density at radius 3 is 2.50 bits per heavy atom. The Hall–Kier alpha value is -4.62. The van der Waals surface area contributed by atoms with Gasteiger partial charge in [0, 0.05) is 38.0 Å². The van der Waals surface area contributed by atoms with E-state index in [1.54, 1.807) is 37.4 Å². The number of carbonyl (C=O) groups excluding carboxylic acids is 1. The van der Waals surface area contributed by atoms with Crippen LogP contribution in [0.5, 0.6) is 5.75 Å². The van der Waals surface area contributed by atoms with E-state index in [9.17, 15) is 4.79 Å². The zero-order chi connectivity index (χ0) is 26.1. The molecule has 0 aliphatic rings. The van der Waals surface area contributed by atoms with Crippen LogP contribution in [-0.4, -0.2) is 62.1 Å². The number of amides is 1. The molecule has 0 unspecified atom stereocenters. The van der Waals surface area contributed by atoms with Crippen molar-refractivity contribution in [3.05, 3.63) is 67.0 Å². The molecule has 1 heterocycles. The van der Waals surface area contributed by atoms with Crippen molar-refractivity contribution in [2.75, 3.05) is 62.2 Å². The largest absolute Gasteiger partial charge is 0.494 e. The van der Waals surface area contributed by atoms with Gasteiger partial charge in [0.15, 0.2) is 0 Å². The van der Waals surface area contributed by atoms with Gasteiger partial charge in [-0.1, -0.05) is 12.6 Å². The van der Waals surface area contributed by atoms with E-state index in [0.29, 0.717) is 34.3 Å². The summed E-state index contributed by atoms with van der Waals surface area (Å²) in [5.74, 6) is 1.31. The van der Waals surface area contributed by atoms with Crippen molar-refractivity contribution < 1.29 is 9.53 Å². The summed E-state index contributed by atoms with van der Waals surface area (Å²) in [6.45, 7) is 5.13. The lowest BCUT2D eigenvalue weighted by Gasteiger charge is -2.26. The smallest absolute Gasteiger partial charge is 0.247 e. The predicted molar refractivity (Wildman–Crippen MR) is 143 cm³/mol. The molecule has 2 aromatic carbocycles. The third kappa shape index (κ3) is 6.94. The van der Waals surface area contributed by atoms with Crippen LogP contribution in [0.4, 0.5) is 34.4 Å². The van der Waals surface area contributed by atoms with Crippen molar-refractivity contribution in [1.82, 2.24) is 14.9 Å². The van der Waals surface area contributed by atoms with Crippen LogP contribution in [0.15, 0.2) is 61.4 Å². The molecule has 0 atom stereocenters. The van der Waals surface area contributed by atoms with Crippen molar-refractivity contribution in [2.24, 2.45) is 0 Å². The van der Waals surface area contributed by atoms with E-state index in [4.69, 9.17) is 10.00 Å². The van der Waals surface area contributed by atoms with E-state index < -0.39 is 0 Å². The van der Waals surface area contributed by atoms with E-state index in [1.165, 1.54) is 12.4 Å². The second kappa shape index (κ2) is 12.2. The molecule has 36 heavy (non-hydrogen) atoms. The number of aromatic nitrogens is 2. The van der Waals surface area contributed by atoms with Crippen LogP contribution < -0.4 is 25.6 Å². The number of nitrogens with zero attached hydrogens (tertiary/aromatic N) is 5. The lowest BCUT2D eigenvalue weighted by atomic mass is 10.2. The van der Waals surface area contributed by atoms with Crippen molar-refractivity contribution in [3.63, 3.8) is 0 Å². The molecule has 10 nitrogen and oxygen atoms in total. The minimum Gasteiger partial charge on any atom is -0.494 e. The molecular weight excluding hydrogens is 456 g/mol. The second-order valence-corrected chi connectivity index (χ2v) is 8.22. The fraction of sp³-hybridized carbons (Fsp3) is 0.231. The average Bonchev–Trinajstić information content (AvgIpc) is 2.87. The SMILES string of the molecule is C=CC(=O)Nc1cc(Nc2cc(Nc3cccc(C#N)c3)ncn2)c(OC)cc1N(C)CCN(C)C. The lowest BCUT2D eigenvalue weighted by Crippen LogP contribution is -2.29. The van der Waals surface area contributed by atoms with Gasteiger partial charge in [0.1, 0.15) is 23.7 Å². The first-order chi connectivity index (χ1) is 17.3. The number of hydrogen-bond donors (Lipinski definition) is 3. The highest BCUT2D eigenvalue weighted by atomic mass is 16.5. The van der Waals surface area contributed by atoms with E-state index in [1.807, 2.05) is 38.2 Å². The topological polar surface area (TPSA) is 118 Å².